The van der Waals surface area contributed by atoms with Crippen molar-refractivity contribution in [3.63, 3.8) is 0 Å². The highest BCUT2D eigenvalue weighted by Crippen LogP contribution is 2.32. The molecule has 1 aromatic heterocycles. The van der Waals surface area contributed by atoms with E-state index in [1.54, 1.807) is 30.5 Å². The fourth-order valence-electron chi connectivity index (χ4n) is 4.67. The molecule has 1 fully saturated rings. The molecule has 2 atom stereocenters. The largest absolute Gasteiger partial charge is 0.491 e. The van der Waals surface area contributed by atoms with E-state index in [0.29, 0.717) is 23.8 Å². The van der Waals surface area contributed by atoms with Crippen LogP contribution in [0.2, 0.25) is 0 Å². The average molecular weight is 603 g/mol. The molecule has 10 heteroatoms. The van der Waals surface area contributed by atoms with Crippen LogP contribution in [0.25, 0.3) is 11.1 Å². The Morgan fingerprint density at radius 1 is 0.976 bits per heavy atom. The third kappa shape index (κ3) is 7.01. The van der Waals surface area contributed by atoms with E-state index in [-0.39, 0.29) is 17.3 Å². The molecule has 1 aliphatic heterocycles. The molecule has 0 bridgehead atoms. The van der Waals surface area contributed by atoms with E-state index in [0.717, 1.165) is 23.2 Å². The summed E-state index contributed by atoms with van der Waals surface area (Å²) in [6.45, 7) is 1.56. The zero-order chi connectivity index (χ0) is 29.5. The molecule has 5 rings (SSSR count). The van der Waals surface area contributed by atoms with E-state index in [1.165, 1.54) is 16.1 Å². The van der Waals surface area contributed by atoms with Crippen LogP contribution >= 0.6 is 11.8 Å². The van der Waals surface area contributed by atoms with Crippen molar-refractivity contribution in [2.24, 2.45) is 0 Å². The summed E-state index contributed by atoms with van der Waals surface area (Å²) in [5.41, 5.74) is 3.40. The highest BCUT2D eigenvalue weighted by molar-refractivity contribution is 8.02. The number of nitrogens with one attached hydrogen (secondary N) is 1. The minimum absolute atomic E-state index is 0.161. The molecule has 1 aliphatic rings. The van der Waals surface area contributed by atoms with Crippen molar-refractivity contribution >= 4 is 27.7 Å². The Labute approximate surface area is 251 Å². The zero-order valence-electron chi connectivity index (χ0n) is 23.6. The number of carbonyl (C=O) groups excluding carboxylic acids is 1. The van der Waals surface area contributed by atoms with Crippen LogP contribution in [-0.2, 0) is 14.8 Å². The number of ether oxygens (including phenoxy) is 1. The Kier molecular flexibility index (Phi) is 9.58. The summed E-state index contributed by atoms with van der Waals surface area (Å²) in [4.78, 5) is 20.5. The summed E-state index contributed by atoms with van der Waals surface area (Å²) in [5.74, 6) is 0.775. The van der Waals surface area contributed by atoms with Gasteiger partial charge in [-0.2, -0.15) is 4.31 Å². The molecular formula is C32H34N4O4S2. The maximum absolute atomic E-state index is 13.7. The number of aromatic nitrogens is 1. The molecule has 4 aromatic rings. The molecule has 2 heterocycles. The van der Waals surface area contributed by atoms with Gasteiger partial charge in [0.15, 0.2) is 0 Å². The van der Waals surface area contributed by atoms with Crippen molar-refractivity contribution in [2.45, 2.75) is 16.3 Å². The standard InChI is InChI=1S/C32H34N4O4S2/c1-35(2)19-21-40-27-15-18-29(33-23-27)30(26-11-7-4-8-12-26)34-31(37)32-36(20-22-41-32)42(38,39)28-16-13-25(14-17-28)24-9-5-3-6-10-24/h3-18,23,30,32H,19-22H2,1-2H3,(H,34,37). The Hall–Kier alpha value is -3.70. The number of sulfonamides is 1. The average Bonchev–Trinajstić information content (AvgIpc) is 3.53. The second-order valence-electron chi connectivity index (χ2n) is 10.2. The van der Waals surface area contributed by atoms with Gasteiger partial charge in [0.1, 0.15) is 17.7 Å². The number of pyridine rings is 1. The van der Waals surface area contributed by atoms with Crippen LogP contribution in [0.5, 0.6) is 5.75 Å². The van der Waals surface area contributed by atoms with Crippen molar-refractivity contribution in [3.8, 4) is 16.9 Å². The topological polar surface area (TPSA) is 91.8 Å². The number of carbonyl (C=O) groups is 1. The second kappa shape index (κ2) is 13.5. The summed E-state index contributed by atoms with van der Waals surface area (Å²) in [6, 6.07) is 29.2. The lowest BCUT2D eigenvalue weighted by Gasteiger charge is -2.26. The molecule has 0 saturated carbocycles. The van der Waals surface area contributed by atoms with Crippen molar-refractivity contribution < 1.29 is 17.9 Å². The highest BCUT2D eigenvalue weighted by Gasteiger charge is 2.41. The van der Waals surface area contributed by atoms with Crippen molar-refractivity contribution in [3.05, 3.63) is 115 Å². The zero-order valence-corrected chi connectivity index (χ0v) is 25.2. The van der Waals surface area contributed by atoms with Crippen LogP contribution in [0.4, 0.5) is 0 Å². The molecule has 218 valence electrons. The molecule has 1 amide bonds. The number of hydrogen-bond donors (Lipinski definition) is 1. The maximum atomic E-state index is 13.7. The van der Waals surface area contributed by atoms with Gasteiger partial charge in [0, 0.05) is 18.8 Å². The molecule has 1 saturated heterocycles. The molecule has 2 unspecified atom stereocenters. The number of likely N-dealkylation sites (N-methyl/N-ethyl adjacent to an activating group) is 1. The number of rotatable bonds is 11. The lowest BCUT2D eigenvalue weighted by atomic mass is 10.0. The predicted octanol–water partition coefficient (Wildman–Crippen LogP) is 4.66. The third-order valence-corrected chi connectivity index (χ3v) is 10.1. The summed E-state index contributed by atoms with van der Waals surface area (Å²) in [5, 5.41) is 2.18. The van der Waals surface area contributed by atoms with Crippen molar-refractivity contribution in [1.82, 2.24) is 19.5 Å². The Morgan fingerprint density at radius 3 is 2.29 bits per heavy atom. The highest BCUT2D eigenvalue weighted by atomic mass is 32.2. The minimum Gasteiger partial charge on any atom is -0.491 e. The van der Waals surface area contributed by atoms with Gasteiger partial charge in [-0.25, -0.2) is 8.42 Å². The van der Waals surface area contributed by atoms with Gasteiger partial charge < -0.3 is 15.0 Å². The molecule has 0 radical (unpaired) electrons. The SMILES string of the molecule is CN(C)CCOc1ccc(C(NC(=O)C2SCCN2S(=O)(=O)c2ccc(-c3ccccc3)cc2)c2ccccc2)nc1. The van der Waals surface area contributed by atoms with Crippen molar-refractivity contribution in [2.75, 3.05) is 39.5 Å². The number of nitrogens with zero attached hydrogens (tertiary/aromatic N) is 3. The molecule has 0 aliphatic carbocycles. The Balaban J connectivity index is 1.34. The van der Waals surface area contributed by atoms with Gasteiger partial charge in [-0.05, 0) is 55.1 Å². The Bertz CT molecular complexity index is 1570. The number of amides is 1. The van der Waals surface area contributed by atoms with Crippen LogP contribution < -0.4 is 10.1 Å². The lowest BCUT2D eigenvalue weighted by Crippen LogP contribution is -2.46. The normalized spacial score (nSPS) is 16.3. The van der Waals surface area contributed by atoms with Crippen molar-refractivity contribution in [1.29, 1.82) is 0 Å². The van der Waals surface area contributed by atoms with E-state index in [2.05, 4.69) is 10.3 Å². The monoisotopic (exact) mass is 602 g/mol. The summed E-state index contributed by atoms with van der Waals surface area (Å²) >= 11 is 1.32. The summed E-state index contributed by atoms with van der Waals surface area (Å²) in [7, 11) is 0.0597. The van der Waals surface area contributed by atoms with Crippen LogP contribution in [0.3, 0.4) is 0 Å². The number of hydrogen-bond acceptors (Lipinski definition) is 7. The van der Waals surface area contributed by atoms with E-state index in [4.69, 9.17) is 4.74 Å². The van der Waals surface area contributed by atoms with Gasteiger partial charge >= 0.3 is 0 Å². The molecule has 0 spiro atoms. The molecular weight excluding hydrogens is 569 g/mol. The van der Waals surface area contributed by atoms with E-state index >= 15 is 0 Å². The van der Waals surface area contributed by atoms with E-state index in [9.17, 15) is 13.2 Å². The van der Waals surface area contributed by atoms with Crippen LogP contribution in [-0.4, -0.2) is 73.4 Å². The number of thioether (sulfide) groups is 1. The second-order valence-corrected chi connectivity index (χ2v) is 13.2. The van der Waals surface area contributed by atoms with Gasteiger partial charge in [-0.3, -0.25) is 9.78 Å². The third-order valence-electron chi connectivity index (χ3n) is 6.92. The lowest BCUT2D eigenvalue weighted by molar-refractivity contribution is -0.122. The van der Waals surface area contributed by atoms with Gasteiger partial charge in [-0.1, -0.05) is 72.8 Å². The molecule has 8 nitrogen and oxygen atoms in total. The van der Waals surface area contributed by atoms with Crippen LogP contribution in [0, 0.1) is 0 Å². The first kappa shape index (κ1) is 29.8. The molecule has 42 heavy (non-hydrogen) atoms. The van der Waals surface area contributed by atoms with Crippen LogP contribution in [0.1, 0.15) is 17.3 Å². The van der Waals surface area contributed by atoms with Gasteiger partial charge in [0.05, 0.1) is 22.8 Å². The maximum Gasteiger partial charge on any atom is 0.249 e. The predicted molar refractivity (Wildman–Crippen MR) is 167 cm³/mol. The number of benzene rings is 3. The first-order valence-electron chi connectivity index (χ1n) is 13.7. The van der Waals surface area contributed by atoms with Crippen LogP contribution in [0.15, 0.2) is 108 Å². The fraction of sp³-hybridized carbons (Fsp3) is 0.250. The first-order chi connectivity index (χ1) is 20.3. The molecule has 1 N–H and O–H groups in total. The van der Waals surface area contributed by atoms with Gasteiger partial charge in [-0.15, -0.1) is 11.8 Å². The fourth-order valence-corrected chi connectivity index (χ4v) is 7.76. The molecule has 3 aromatic carbocycles. The Morgan fingerprint density at radius 2 is 1.64 bits per heavy atom. The van der Waals surface area contributed by atoms with E-state index < -0.39 is 21.4 Å². The smallest absolute Gasteiger partial charge is 0.249 e. The van der Waals surface area contributed by atoms with Gasteiger partial charge in [0.2, 0.25) is 15.9 Å². The summed E-state index contributed by atoms with van der Waals surface area (Å²) in [6.07, 6.45) is 1.65. The van der Waals surface area contributed by atoms with E-state index in [1.807, 2.05) is 91.8 Å². The first-order valence-corrected chi connectivity index (χ1v) is 16.2. The summed E-state index contributed by atoms with van der Waals surface area (Å²) < 4.78 is 34.5. The minimum atomic E-state index is -3.90. The quantitative estimate of drug-likeness (QED) is 0.267. The van der Waals surface area contributed by atoms with Gasteiger partial charge in [0.25, 0.3) is 0 Å².